The molecule has 1 unspecified atom stereocenters. The molecule has 0 radical (unpaired) electrons. The van der Waals surface area contributed by atoms with Crippen molar-refractivity contribution in [2.45, 2.75) is 32.3 Å². The molecule has 0 spiro atoms. The first kappa shape index (κ1) is 22.0. The molecule has 2 heterocycles. The lowest BCUT2D eigenvalue weighted by Gasteiger charge is -2.17. The van der Waals surface area contributed by atoms with E-state index in [1.165, 1.54) is 20.2 Å². The highest BCUT2D eigenvalue weighted by Crippen LogP contribution is 2.33. The molecule has 1 amide bonds. The van der Waals surface area contributed by atoms with Gasteiger partial charge in [-0.1, -0.05) is 6.92 Å². The predicted molar refractivity (Wildman–Crippen MR) is 95.9 cm³/mol. The van der Waals surface area contributed by atoms with Crippen LogP contribution in [0.4, 0.5) is 0 Å². The highest BCUT2D eigenvalue weighted by molar-refractivity contribution is 5.92. The summed E-state index contributed by atoms with van der Waals surface area (Å²) in [6.07, 6.45) is 2.99. The molecule has 4 atom stereocenters. The van der Waals surface area contributed by atoms with E-state index in [4.69, 9.17) is 19.9 Å². The molecule has 29 heavy (non-hydrogen) atoms. The van der Waals surface area contributed by atoms with Crippen molar-refractivity contribution < 1.29 is 42.7 Å². The number of esters is 3. The second kappa shape index (κ2) is 9.78. The lowest BCUT2D eigenvalue weighted by atomic mass is 10.0. The number of hydrogen-bond donors (Lipinski definition) is 1. The van der Waals surface area contributed by atoms with Gasteiger partial charge in [-0.3, -0.25) is 9.59 Å². The number of methoxy groups -OCH3 is 1. The fourth-order valence-electron chi connectivity index (χ4n) is 2.85. The average Bonchev–Trinajstić information content (AvgIpc) is 2.99. The summed E-state index contributed by atoms with van der Waals surface area (Å²) in [6.45, 7) is 2.93. The van der Waals surface area contributed by atoms with Gasteiger partial charge in [0.1, 0.15) is 18.3 Å². The molecule has 1 fully saturated rings. The third-order valence-corrected chi connectivity index (χ3v) is 4.35. The van der Waals surface area contributed by atoms with Gasteiger partial charge >= 0.3 is 24.1 Å². The zero-order valence-electron chi connectivity index (χ0n) is 16.3. The molecule has 10 nitrogen and oxygen atoms in total. The summed E-state index contributed by atoms with van der Waals surface area (Å²) in [5.74, 6) is -2.88. The van der Waals surface area contributed by atoms with Crippen molar-refractivity contribution in [2.75, 3.05) is 13.7 Å². The van der Waals surface area contributed by atoms with Gasteiger partial charge in [-0.05, 0) is 6.07 Å². The fraction of sp³-hybridized carbons (Fsp3) is 0.421. The molecule has 0 bridgehead atoms. The molecule has 0 aromatic carbocycles. The van der Waals surface area contributed by atoms with Crippen LogP contribution in [0, 0.1) is 5.92 Å². The zero-order valence-corrected chi connectivity index (χ0v) is 16.3. The van der Waals surface area contributed by atoms with Crippen LogP contribution < -0.4 is 10.3 Å². The number of amides is 1. The normalized spacial score (nSPS) is 23.6. The Morgan fingerprint density at radius 2 is 1.93 bits per heavy atom. The van der Waals surface area contributed by atoms with Gasteiger partial charge in [-0.2, -0.15) is 4.57 Å². The minimum Gasteiger partial charge on any atom is -0.466 e. The van der Waals surface area contributed by atoms with Crippen molar-refractivity contribution in [1.82, 2.24) is 0 Å². The zero-order chi connectivity index (χ0) is 21.6. The maximum atomic E-state index is 11.7. The number of nitrogens with zero attached hydrogens (tertiary/aromatic N) is 1. The molecule has 1 aromatic rings. The third kappa shape index (κ3) is 5.85. The van der Waals surface area contributed by atoms with Gasteiger partial charge in [0, 0.05) is 31.1 Å². The maximum absolute atomic E-state index is 11.7. The minimum absolute atomic E-state index is 0.129. The van der Waals surface area contributed by atoms with Gasteiger partial charge in [0.2, 0.25) is 0 Å². The number of primary amides is 1. The van der Waals surface area contributed by atoms with E-state index < -0.39 is 42.3 Å². The molecule has 156 valence electrons. The first-order valence-corrected chi connectivity index (χ1v) is 8.79. The summed E-state index contributed by atoms with van der Waals surface area (Å²) in [5, 5.41) is 0. The van der Waals surface area contributed by atoms with Gasteiger partial charge in [0.25, 0.3) is 5.91 Å². The van der Waals surface area contributed by atoms with Crippen LogP contribution in [0.1, 0.15) is 30.4 Å². The molecule has 1 aliphatic heterocycles. The highest BCUT2D eigenvalue weighted by Gasteiger charge is 2.50. The van der Waals surface area contributed by atoms with Gasteiger partial charge in [0.15, 0.2) is 18.5 Å². The van der Waals surface area contributed by atoms with Gasteiger partial charge < -0.3 is 24.7 Å². The summed E-state index contributed by atoms with van der Waals surface area (Å²) in [5.41, 5.74) is 5.57. The van der Waals surface area contributed by atoms with Crippen molar-refractivity contribution in [1.29, 1.82) is 0 Å². The molecule has 2 N–H and O–H groups in total. The molecule has 1 aromatic heterocycles. The highest BCUT2D eigenvalue weighted by atomic mass is 16.6. The van der Waals surface area contributed by atoms with E-state index in [1.54, 1.807) is 29.8 Å². The Balaban J connectivity index is 2.14. The van der Waals surface area contributed by atoms with Crippen molar-refractivity contribution in [3.05, 3.63) is 42.2 Å². The van der Waals surface area contributed by atoms with E-state index in [2.05, 4.69) is 4.74 Å². The van der Waals surface area contributed by atoms with Crippen molar-refractivity contribution >= 4 is 23.8 Å². The largest absolute Gasteiger partial charge is 0.466 e. The van der Waals surface area contributed by atoms with Crippen LogP contribution in [0.3, 0.4) is 0 Å². The van der Waals surface area contributed by atoms with E-state index in [0.29, 0.717) is 0 Å². The maximum Gasteiger partial charge on any atom is 0.331 e. The third-order valence-electron chi connectivity index (χ3n) is 4.35. The van der Waals surface area contributed by atoms with Gasteiger partial charge in [-0.25, -0.2) is 9.59 Å². The van der Waals surface area contributed by atoms with Gasteiger partial charge in [-0.15, -0.1) is 0 Å². The number of rotatable bonds is 7. The number of aromatic nitrogens is 1. The van der Waals surface area contributed by atoms with E-state index >= 15 is 0 Å². The molecule has 10 heteroatoms. The summed E-state index contributed by atoms with van der Waals surface area (Å²) in [7, 11) is 1.19. The number of hydrogen-bond acceptors (Lipinski definition) is 8. The first-order chi connectivity index (χ1) is 13.7. The molecular weight excluding hydrogens is 384 g/mol. The lowest BCUT2D eigenvalue weighted by molar-refractivity contribution is -0.765. The molecule has 0 aliphatic carbocycles. The second-order valence-electron chi connectivity index (χ2n) is 6.39. The van der Waals surface area contributed by atoms with Crippen molar-refractivity contribution in [2.24, 2.45) is 11.7 Å². The molecular formula is C19H23N2O8+. The Kier molecular flexibility index (Phi) is 7.43. The molecule has 1 aliphatic rings. The number of carbonyl (C=O) groups is 4. The van der Waals surface area contributed by atoms with Crippen LogP contribution in [-0.2, 0) is 33.3 Å². The standard InChI is InChI=1S/C19H22N2O8/c1-11-14(10-27-16(24)7-6-15(23)26-3)29-19(17(11)28-12(2)22)21-8-4-5-13(9-21)18(20)25/h4-9,11,14,17,19H,10H2,1-3H3,(H-,20,25)/p+1/b7-6+/t11-,14-,17?,19-/m1/s1. The topological polar surface area (TPSA) is 135 Å². The van der Waals surface area contributed by atoms with Crippen molar-refractivity contribution in [3.63, 3.8) is 0 Å². The van der Waals surface area contributed by atoms with E-state index in [0.717, 1.165) is 12.2 Å². The number of ether oxygens (including phenoxy) is 4. The minimum atomic E-state index is -0.748. The molecule has 0 saturated carbocycles. The van der Waals surface area contributed by atoms with E-state index in [-0.39, 0.29) is 18.1 Å². The quantitative estimate of drug-likeness (QED) is 0.284. The van der Waals surface area contributed by atoms with Crippen LogP contribution in [0.2, 0.25) is 0 Å². The summed E-state index contributed by atoms with van der Waals surface area (Å²) in [4.78, 5) is 45.8. The predicted octanol–water partition coefficient (Wildman–Crippen LogP) is -0.189. The van der Waals surface area contributed by atoms with Crippen molar-refractivity contribution in [3.8, 4) is 0 Å². The van der Waals surface area contributed by atoms with Crippen LogP contribution in [0.5, 0.6) is 0 Å². The van der Waals surface area contributed by atoms with Crippen LogP contribution in [-0.4, -0.2) is 49.7 Å². The second-order valence-corrected chi connectivity index (χ2v) is 6.39. The summed E-state index contributed by atoms with van der Waals surface area (Å²) < 4.78 is 22.4. The number of pyridine rings is 1. The van der Waals surface area contributed by atoms with Crippen LogP contribution in [0.25, 0.3) is 0 Å². The SMILES string of the molecule is COC(=O)/C=C/C(=O)OC[C@H]1O[C@@H]([n+]2cccc(C(N)=O)c2)C(OC(C)=O)[C@@H]1C. The fourth-order valence-corrected chi connectivity index (χ4v) is 2.85. The smallest absolute Gasteiger partial charge is 0.331 e. The van der Waals surface area contributed by atoms with E-state index in [9.17, 15) is 19.2 Å². The Morgan fingerprint density at radius 3 is 2.55 bits per heavy atom. The van der Waals surface area contributed by atoms with Crippen LogP contribution >= 0.6 is 0 Å². The number of nitrogens with two attached hydrogens (primary N) is 1. The lowest BCUT2D eigenvalue weighted by Crippen LogP contribution is -2.46. The average molecular weight is 407 g/mol. The summed E-state index contributed by atoms with van der Waals surface area (Å²) >= 11 is 0. The molecule has 2 rings (SSSR count). The van der Waals surface area contributed by atoms with Crippen LogP contribution in [0.15, 0.2) is 36.7 Å². The van der Waals surface area contributed by atoms with E-state index in [1.807, 2.05) is 0 Å². The Morgan fingerprint density at radius 1 is 1.24 bits per heavy atom. The Hall–Kier alpha value is -3.27. The Labute approximate surface area is 167 Å². The monoisotopic (exact) mass is 407 g/mol. The van der Waals surface area contributed by atoms with Gasteiger partial charge in [0.05, 0.1) is 7.11 Å². The first-order valence-electron chi connectivity index (χ1n) is 8.79. The Bertz CT molecular complexity index is 822. The number of carbonyl (C=O) groups excluding carboxylic acids is 4. The summed E-state index contributed by atoms with van der Waals surface area (Å²) in [6, 6.07) is 3.16. The molecule has 1 saturated heterocycles.